The first kappa shape index (κ1) is 18.1. The van der Waals surface area contributed by atoms with E-state index in [1.165, 1.54) is 20.9 Å². The lowest BCUT2D eigenvalue weighted by Gasteiger charge is -2.12. The number of nitrogens with one attached hydrogen (secondary N) is 1. The van der Waals surface area contributed by atoms with E-state index in [0.717, 1.165) is 11.0 Å². The molecule has 7 nitrogen and oxygen atoms in total. The first-order chi connectivity index (χ1) is 10.7. The number of amides is 2. The molecular weight excluding hydrogens is 300 g/mol. The lowest BCUT2D eigenvalue weighted by molar-refractivity contribution is -0.141. The van der Waals surface area contributed by atoms with Crippen LogP contribution in [0, 0.1) is 0 Å². The van der Waals surface area contributed by atoms with Crippen LogP contribution in [0.4, 0.5) is 5.69 Å². The number of carboxylic acid groups (broad SMARTS) is 1. The van der Waals surface area contributed by atoms with Crippen molar-refractivity contribution in [2.24, 2.45) is 0 Å². The van der Waals surface area contributed by atoms with Crippen molar-refractivity contribution in [3.05, 3.63) is 41.5 Å². The number of hydrogen-bond donors (Lipinski definition) is 2. The second kappa shape index (κ2) is 7.88. The van der Waals surface area contributed by atoms with Crippen LogP contribution >= 0.6 is 0 Å². The van der Waals surface area contributed by atoms with Crippen LogP contribution in [0.3, 0.4) is 0 Å². The van der Waals surface area contributed by atoms with Gasteiger partial charge in [0.15, 0.2) is 5.78 Å². The number of nitrogens with zero attached hydrogens (tertiary/aromatic N) is 1. The first-order valence-corrected chi connectivity index (χ1v) is 6.78. The van der Waals surface area contributed by atoms with Crippen LogP contribution in [-0.4, -0.2) is 47.2 Å². The molecule has 0 atom stereocenters. The fourth-order valence-electron chi connectivity index (χ4n) is 1.66. The number of carbonyl (C=O) groups excluding carboxylic acids is 3. The quantitative estimate of drug-likeness (QED) is 0.608. The summed E-state index contributed by atoms with van der Waals surface area (Å²) in [6.07, 6.45) is 1.07. The molecule has 0 unspecified atom stereocenters. The Morgan fingerprint density at radius 2 is 1.70 bits per heavy atom. The van der Waals surface area contributed by atoms with E-state index >= 15 is 0 Å². The molecule has 2 amide bonds. The van der Waals surface area contributed by atoms with Gasteiger partial charge in [0.2, 0.25) is 5.91 Å². The predicted molar refractivity (Wildman–Crippen MR) is 84.1 cm³/mol. The lowest BCUT2D eigenvalue weighted by Crippen LogP contribution is -2.31. The van der Waals surface area contributed by atoms with Gasteiger partial charge in [0.25, 0.3) is 5.91 Å². The normalized spacial score (nSPS) is 10.8. The van der Waals surface area contributed by atoms with E-state index in [0.29, 0.717) is 11.3 Å². The Balaban J connectivity index is 2.72. The molecule has 0 aliphatic heterocycles. The molecule has 0 fully saturated rings. The Morgan fingerprint density at radius 1 is 1.13 bits per heavy atom. The van der Waals surface area contributed by atoms with E-state index in [1.807, 2.05) is 0 Å². The Morgan fingerprint density at radius 3 is 2.17 bits per heavy atom. The van der Waals surface area contributed by atoms with Gasteiger partial charge in [-0.05, 0) is 38.1 Å². The van der Waals surface area contributed by atoms with Crippen molar-refractivity contribution in [2.75, 3.05) is 18.9 Å². The zero-order valence-electron chi connectivity index (χ0n) is 13.1. The molecular formula is C16H18N2O5. The standard InChI is InChI=1S/C16H18N2O5/c1-10(8-14(20)18(3)9-15(21)22)16(23)17-13-6-4-12(5-7-13)11(2)19/h4-8H,9H2,1-3H3,(H,17,23)(H,21,22)/b10-8-. The van der Waals surface area contributed by atoms with Crippen LogP contribution in [0.15, 0.2) is 35.9 Å². The highest BCUT2D eigenvalue weighted by Crippen LogP contribution is 2.11. The highest BCUT2D eigenvalue weighted by Gasteiger charge is 2.12. The predicted octanol–water partition coefficient (Wildman–Crippen LogP) is 1.32. The number of rotatable bonds is 6. The molecule has 0 aromatic heterocycles. The Labute approximate surface area is 133 Å². The maximum absolute atomic E-state index is 12.0. The van der Waals surface area contributed by atoms with Crippen LogP contribution in [0.25, 0.3) is 0 Å². The average molecular weight is 318 g/mol. The maximum Gasteiger partial charge on any atom is 0.323 e. The summed E-state index contributed by atoms with van der Waals surface area (Å²) < 4.78 is 0. The molecule has 0 saturated heterocycles. The minimum Gasteiger partial charge on any atom is -0.480 e. The molecule has 1 rings (SSSR count). The Hall–Kier alpha value is -2.96. The van der Waals surface area contributed by atoms with Gasteiger partial charge in [-0.2, -0.15) is 0 Å². The molecule has 0 saturated carbocycles. The zero-order valence-corrected chi connectivity index (χ0v) is 13.1. The Bertz CT molecular complexity index is 662. The van der Waals surface area contributed by atoms with Crippen LogP contribution in [0.2, 0.25) is 0 Å². The largest absolute Gasteiger partial charge is 0.480 e. The molecule has 1 aromatic rings. The highest BCUT2D eigenvalue weighted by atomic mass is 16.4. The molecule has 0 aliphatic carbocycles. The van der Waals surface area contributed by atoms with Crippen molar-refractivity contribution in [1.82, 2.24) is 4.90 Å². The third-order valence-corrected chi connectivity index (χ3v) is 3.00. The second-order valence-electron chi connectivity index (χ2n) is 5.00. The molecule has 122 valence electrons. The van der Waals surface area contributed by atoms with Crippen molar-refractivity contribution in [3.63, 3.8) is 0 Å². The third-order valence-electron chi connectivity index (χ3n) is 3.00. The second-order valence-corrected chi connectivity index (χ2v) is 5.00. The zero-order chi connectivity index (χ0) is 17.6. The lowest BCUT2D eigenvalue weighted by atomic mass is 10.1. The number of Topliss-reactive ketones (excluding diaryl/α,β-unsaturated/α-hetero) is 1. The molecule has 0 radical (unpaired) electrons. The third kappa shape index (κ3) is 5.74. The molecule has 0 heterocycles. The van der Waals surface area contributed by atoms with Gasteiger partial charge in [-0.25, -0.2) is 0 Å². The SMILES string of the molecule is CC(=O)c1ccc(NC(=O)/C(C)=C\C(=O)N(C)CC(=O)O)cc1. The van der Waals surface area contributed by atoms with Crippen LogP contribution in [0.5, 0.6) is 0 Å². The summed E-state index contributed by atoms with van der Waals surface area (Å²) in [7, 11) is 1.33. The maximum atomic E-state index is 12.0. The van der Waals surface area contributed by atoms with E-state index < -0.39 is 24.3 Å². The Kier molecular flexibility index (Phi) is 6.20. The number of hydrogen-bond acceptors (Lipinski definition) is 4. The number of carboxylic acids is 1. The smallest absolute Gasteiger partial charge is 0.323 e. The van der Waals surface area contributed by atoms with E-state index in [9.17, 15) is 19.2 Å². The van der Waals surface area contributed by atoms with Gasteiger partial charge in [0, 0.05) is 29.9 Å². The van der Waals surface area contributed by atoms with Gasteiger partial charge in [-0.15, -0.1) is 0 Å². The monoisotopic (exact) mass is 318 g/mol. The molecule has 2 N–H and O–H groups in total. The minimum absolute atomic E-state index is 0.0778. The van der Waals surface area contributed by atoms with Crippen molar-refractivity contribution in [3.8, 4) is 0 Å². The fourth-order valence-corrected chi connectivity index (χ4v) is 1.66. The minimum atomic E-state index is -1.14. The summed E-state index contributed by atoms with van der Waals surface area (Å²) in [5.74, 6) is -2.28. The highest BCUT2D eigenvalue weighted by molar-refractivity contribution is 6.07. The molecule has 0 aliphatic rings. The van der Waals surface area contributed by atoms with E-state index in [4.69, 9.17) is 5.11 Å². The molecule has 1 aromatic carbocycles. The number of benzene rings is 1. The summed E-state index contributed by atoms with van der Waals surface area (Å²) in [5, 5.41) is 11.2. The van der Waals surface area contributed by atoms with Gasteiger partial charge in [-0.3, -0.25) is 19.2 Å². The van der Waals surface area contributed by atoms with Gasteiger partial charge in [0.05, 0.1) is 0 Å². The molecule has 0 bridgehead atoms. The number of anilines is 1. The average Bonchev–Trinajstić information content (AvgIpc) is 2.46. The van der Waals surface area contributed by atoms with Gasteiger partial charge in [-0.1, -0.05) is 0 Å². The fraction of sp³-hybridized carbons (Fsp3) is 0.250. The summed E-state index contributed by atoms with van der Waals surface area (Å²) in [4.78, 5) is 46.4. The van der Waals surface area contributed by atoms with E-state index in [-0.39, 0.29) is 11.4 Å². The van der Waals surface area contributed by atoms with Crippen molar-refractivity contribution in [2.45, 2.75) is 13.8 Å². The molecule has 0 spiro atoms. The van der Waals surface area contributed by atoms with Crippen molar-refractivity contribution < 1.29 is 24.3 Å². The van der Waals surface area contributed by atoms with E-state index in [2.05, 4.69) is 5.32 Å². The van der Waals surface area contributed by atoms with Crippen molar-refractivity contribution in [1.29, 1.82) is 0 Å². The van der Waals surface area contributed by atoms with Crippen molar-refractivity contribution >= 4 is 29.3 Å². The van der Waals surface area contributed by atoms with Crippen LogP contribution < -0.4 is 5.32 Å². The van der Waals surface area contributed by atoms with E-state index in [1.54, 1.807) is 24.3 Å². The van der Waals surface area contributed by atoms with Gasteiger partial charge < -0.3 is 15.3 Å². The van der Waals surface area contributed by atoms with Gasteiger partial charge in [0.1, 0.15) is 6.54 Å². The number of likely N-dealkylation sites (N-methyl/N-ethyl adjacent to an activating group) is 1. The molecule has 7 heteroatoms. The number of carbonyl (C=O) groups is 4. The molecule has 23 heavy (non-hydrogen) atoms. The number of ketones is 1. The summed E-state index contributed by atoms with van der Waals surface area (Å²) >= 11 is 0. The van der Waals surface area contributed by atoms with Crippen LogP contribution in [0.1, 0.15) is 24.2 Å². The summed E-state index contributed by atoms with van der Waals surface area (Å²) in [6.45, 7) is 2.45. The topological polar surface area (TPSA) is 104 Å². The van der Waals surface area contributed by atoms with Gasteiger partial charge >= 0.3 is 5.97 Å². The summed E-state index contributed by atoms with van der Waals surface area (Å²) in [6, 6.07) is 6.34. The summed E-state index contributed by atoms with van der Waals surface area (Å²) in [5.41, 5.74) is 1.16. The first-order valence-electron chi connectivity index (χ1n) is 6.78. The number of aliphatic carboxylic acids is 1. The van der Waals surface area contributed by atoms with Crippen LogP contribution in [-0.2, 0) is 14.4 Å².